The molecule has 3 aromatic rings. The SMILES string of the molecule is COc1cc(S(=O)(=O)O)c(N=Nc2c(C)cc3cc(C)ccc3c2O)cc1C. The molecule has 0 heterocycles. The van der Waals surface area contributed by atoms with Crippen molar-refractivity contribution in [3.05, 3.63) is 53.1 Å². The third-order valence-corrected chi connectivity index (χ3v) is 5.33. The van der Waals surface area contributed by atoms with Gasteiger partial charge in [0.05, 0.1) is 7.11 Å². The molecule has 8 heteroatoms. The van der Waals surface area contributed by atoms with Crippen LogP contribution < -0.4 is 4.74 Å². The van der Waals surface area contributed by atoms with Crippen LogP contribution in [-0.2, 0) is 10.1 Å². The number of methoxy groups -OCH3 is 1. The van der Waals surface area contributed by atoms with E-state index >= 15 is 0 Å². The molecule has 0 aliphatic heterocycles. The van der Waals surface area contributed by atoms with E-state index in [4.69, 9.17) is 4.74 Å². The summed E-state index contributed by atoms with van der Waals surface area (Å²) in [5, 5.41) is 20.2. The molecule has 0 unspecified atom stereocenters. The predicted molar refractivity (Wildman–Crippen MR) is 107 cm³/mol. The van der Waals surface area contributed by atoms with E-state index < -0.39 is 15.0 Å². The minimum atomic E-state index is -4.54. The second-order valence-electron chi connectivity index (χ2n) is 6.58. The molecule has 2 N–H and O–H groups in total. The highest BCUT2D eigenvalue weighted by molar-refractivity contribution is 7.86. The lowest BCUT2D eigenvalue weighted by Gasteiger charge is -2.10. The molecular formula is C20H20N2O5S. The first-order chi connectivity index (χ1) is 13.1. The zero-order valence-corrected chi connectivity index (χ0v) is 16.7. The van der Waals surface area contributed by atoms with Crippen LogP contribution in [0, 0.1) is 20.8 Å². The van der Waals surface area contributed by atoms with Crippen LogP contribution in [0.3, 0.4) is 0 Å². The van der Waals surface area contributed by atoms with E-state index in [1.165, 1.54) is 19.2 Å². The van der Waals surface area contributed by atoms with Crippen molar-refractivity contribution in [2.45, 2.75) is 25.7 Å². The monoisotopic (exact) mass is 400 g/mol. The predicted octanol–water partition coefficient (Wildman–Crippen LogP) is 5.14. The van der Waals surface area contributed by atoms with Gasteiger partial charge in [0, 0.05) is 11.5 Å². The van der Waals surface area contributed by atoms with Gasteiger partial charge in [0.2, 0.25) is 0 Å². The normalized spacial score (nSPS) is 12.0. The number of aromatic hydroxyl groups is 1. The first-order valence-electron chi connectivity index (χ1n) is 8.42. The Hall–Kier alpha value is -2.97. The van der Waals surface area contributed by atoms with Crippen molar-refractivity contribution in [3.63, 3.8) is 0 Å². The molecule has 0 amide bonds. The molecule has 0 radical (unpaired) electrons. The fourth-order valence-corrected chi connectivity index (χ4v) is 3.64. The number of ether oxygens (including phenoxy) is 1. The molecule has 0 bridgehead atoms. The van der Waals surface area contributed by atoms with Gasteiger partial charge in [-0.15, -0.1) is 10.2 Å². The number of benzene rings is 3. The van der Waals surface area contributed by atoms with Gasteiger partial charge in [-0.2, -0.15) is 8.42 Å². The highest BCUT2D eigenvalue weighted by atomic mass is 32.2. The minimum Gasteiger partial charge on any atom is -0.505 e. The minimum absolute atomic E-state index is 0.0441. The summed E-state index contributed by atoms with van der Waals surface area (Å²) >= 11 is 0. The molecule has 0 fully saturated rings. The zero-order valence-electron chi connectivity index (χ0n) is 15.9. The quantitative estimate of drug-likeness (QED) is 0.465. The van der Waals surface area contributed by atoms with Gasteiger partial charge in [0.1, 0.15) is 22.0 Å². The highest BCUT2D eigenvalue weighted by Crippen LogP contribution is 2.40. The van der Waals surface area contributed by atoms with Gasteiger partial charge in [0.25, 0.3) is 10.1 Å². The fourth-order valence-electron chi connectivity index (χ4n) is 3.02. The largest absolute Gasteiger partial charge is 0.505 e. The molecule has 7 nitrogen and oxygen atoms in total. The Morgan fingerprint density at radius 1 is 0.964 bits per heavy atom. The van der Waals surface area contributed by atoms with E-state index in [1.54, 1.807) is 19.9 Å². The zero-order chi connectivity index (χ0) is 20.6. The third kappa shape index (κ3) is 3.69. The molecule has 28 heavy (non-hydrogen) atoms. The number of nitrogens with zero attached hydrogens (tertiary/aromatic N) is 2. The van der Waals surface area contributed by atoms with E-state index in [0.29, 0.717) is 22.3 Å². The van der Waals surface area contributed by atoms with Gasteiger partial charge >= 0.3 is 0 Å². The number of hydrogen-bond acceptors (Lipinski definition) is 6. The van der Waals surface area contributed by atoms with Gasteiger partial charge in [-0.05, 0) is 49.4 Å². The number of azo groups is 1. The smallest absolute Gasteiger partial charge is 0.296 e. The van der Waals surface area contributed by atoms with Crippen LogP contribution in [0.1, 0.15) is 16.7 Å². The maximum absolute atomic E-state index is 11.7. The first kappa shape index (κ1) is 19.8. The number of hydrogen-bond donors (Lipinski definition) is 2. The second kappa shape index (κ2) is 7.21. The Kier molecular flexibility index (Phi) is 5.10. The van der Waals surface area contributed by atoms with E-state index in [9.17, 15) is 18.1 Å². The second-order valence-corrected chi connectivity index (χ2v) is 7.97. The van der Waals surface area contributed by atoms with Crippen LogP contribution in [0.25, 0.3) is 10.8 Å². The summed E-state index contributed by atoms with van der Waals surface area (Å²) < 4.78 is 38.1. The Labute approximate surface area is 163 Å². The Balaban J connectivity index is 2.17. The summed E-state index contributed by atoms with van der Waals surface area (Å²) in [6.45, 7) is 5.45. The van der Waals surface area contributed by atoms with Gasteiger partial charge in [-0.1, -0.05) is 23.8 Å². The van der Waals surface area contributed by atoms with Crippen LogP contribution >= 0.6 is 0 Å². The van der Waals surface area contributed by atoms with Crippen molar-refractivity contribution in [2.75, 3.05) is 7.11 Å². The van der Waals surface area contributed by atoms with Crippen LogP contribution in [0.15, 0.2) is 51.5 Å². The number of rotatable bonds is 4. The average Bonchev–Trinajstić information content (AvgIpc) is 2.60. The van der Waals surface area contributed by atoms with E-state index in [-0.39, 0.29) is 17.1 Å². The molecule has 0 aliphatic carbocycles. The van der Waals surface area contributed by atoms with E-state index in [2.05, 4.69) is 10.2 Å². The molecule has 3 rings (SSSR count). The molecule has 0 spiro atoms. The van der Waals surface area contributed by atoms with Crippen molar-refractivity contribution in [1.82, 2.24) is 0 Å². The Bertz CT molecular complexity index is 1220. The molecule has 0 atom stereocenters. The van der Waals surface area contributed by atoms with Crippen LogP contribution in [0.5, 0.6) is 11.5 Å². The van der Waals surface area contributed by atoms with Gasteiger partial charge in [0.15, 0.2) is 5.75 Å². The summed E-state index contributed by atoms with van der Waals surface area (Å²) in [5.74, 6) is 0.254. The fraction of sp³-hybridized carbons (Fsp3) is 0.200. The lowest BCUT2D eigenvalue weighted by atomic mass is 10.0. The number of phenols is 1. The van der Waals surface area contributed by atoms with Crippen molar-refractivity contribution in [3.8, 4) is 11.5 Å². The van der Waals surface area contributed by atoms with E-state index in [1.807, 2.05) is 25.1 Å². The summed E-state index contributed by atoms with van der Waals surface area (Å²) in [7, 11) is -3.14. The molecule has 146 valence electrons. The van der Waals surface area contributed by atoms with Crippen LogP contribution in [-0.4, -0.2) is 25.2 Å². The topological polar surface area (TPSA) is 109 Å². The van der Waals surface area contributed by atoms with Gasteiger partial charge < -0.3 is 9.84 Å². The molecule has 0 saturated heterocycles. The number of phenolic OH excluding ortho intramolecular Hbond substituents is 1. The lowest BCUT2D eigenvalue weighted by molar-refractivity contribution is 0.409. The van der Waals surface area contributed by atoms with Crippen molar-refractivity contribution < 1.29 is 22.8 Å². The summed E-state index contributed by atoms with van der Waals surface area (Å²) in [6, 6.07) is 10.1. The maximum atomic E-state index is 11.7. The molecule has 0 aliphatic rings. The van der Waals surface area contributed by atoms with Gasteiger partial charge in [-0.25, -0.2) is 0 Å². The maximum Gasteiger partial charge on any atom is 0.296 e. The Morgan fingerprint density at radius 2 is 1.68 bits per heavy atom. The van der Waals surface area contributed by atoms with Gasteiger partial charge in [-0.3, -0.25) is 4.55 Å². The van der Waals surface area contributed by atoms with Crippen molar-refractivity contribution >= 4 is 32.3 Å². The third-order valence-electron chi connectivity index (χ3n) is 4.44. The summed E-state index contributed by atoms with van der Waals surface area (Å²) in [4.78, 5) is -0.424. The standard InChI is InChI=1S/C20H20N2O5S/c1-11-5-6-15-14(7-11)8-13(3)19(20(15)23)22-21-16-9-12(2)17(27-4)10-18(16)28(24,25)26/h5-10,23H,1-4H3,(H,24,25,26). The molecular weight excluding hydrogens is 380 g/mol. The average molecular weight is 400 g/mol. The summed E-state index contributed by atoms with van der Waals surface area (Å²) in [5.41, 5.74) is 2.54. The molecule has 0 saturated carbocycles. The molecule has 0 aromatic heterocycles. The number of fused-ring (bicyclic) bond motifs is 1. The number of aryl methyl sites for hydroxylation is 3. The summed E-state index contributed by atoms with van der Waals surface area (Å²) in [6.07, 6.45) is 0. The first-order valence-corrected chi connectivity index (χ1v) is 9.86. The van der Waals surface area contributed by atoms with Crippen LogP contribution in [0.2, 0.25) is 0 Å². The van der Waals surface area contributed by atoms with E-state index in [0.717, 1.165) is 10.9 Å². The van der Waals surface area contributed by atoms with Crippen molar-refractivity contribution in [1.29, 1.82) is 0 Å². The Morgan fingerprint density at radius 3 is 2.32 bits per heavy atom. The highest BCUT2D eigenvalue weighted by Gasteiger charge is 2.19. The van der Waals surface area contributed by atoms with Crippen LogP contribution in [0.4, 0.5) is 11.4 Å². The lowest BCUT2D eigenvalue weighted by Crippen LogP contribution is -2.00. The molecule has 3 aromatic carbocycles. The van der Waals surface area contributed by atoms with Crippen molar-refractivity contribution in [2.24, 2.45) is 10.2 Å².